The van der Waals surface area contributed by atoms with Crippen LogP contribution in [0.4, 0.5) is 23.1 Å². The summed E-state index contributed by atoms with van der Waals surface area (Å²) >= 11 is 6.44. The van der Waals surface area contributed by atoms with Crippen molar-refractivity contribution in [3.8, 4) is 5.75 Å². The normalized spacial score (nSPS) is 20.0. The largest absolute Gasteiger partial charge is 0.486 e. The molecule has 4 heterocycles. The van der Waals surface area contributed by atoms with Crippen molar-refractivity contribution in [1.82, 2.24) is 19.4 Å². The van der Waals surface area contributed by atoms with Gasteiger partial charge in [-0.15, -0.1) is 0 Å². The van der Waals surface area contributed by atoms with Gasteiger partial charge >= 0.3 is 0 Å². The predicted octanol–water partition coefficient (Wildman–Crippen LogP) is 2.98. The summed E-state index contributed by atoms with van der Waals surface area (Å²) in [5.41, 5.74) is 2.17. The fourth-order valence-electron chi connectivity index (χ4n) is 4.94. The molecule has 0 spiro atoms. The maximum absolute atomic E-state index is 13.0. The van der Waals surface area contributed by atoms with Gasteiger partial charge in [-0.1, -0.05) is 11.6 Å². The number of benzene rings is 1. The Bertz CT molecular complexity index is 1420. The number of carbonyl (C=O) groups is 1. The number of nitrogens with zero attached hydrogens (tertiary/aromatic N) is 5. The first-order valence-corrected chi connectivity index (χ1v) is 12.6. The number of amides is 1. The smallest absolute Gasteiger partial charge is 0.295 e. The highest BCUT2D eigenvalue weighted by Gasteiger charge is 2.34. The van der Waals surface area contributed by atoms with Crippen LogP contribution in [0.25, 0.3) is 10.9 Å². The number of hydrogen-bond donors (Lipinski definition) is 2. The summed E-state index contributed by atoms with van der Waals surface area (Å²) in [5, 5.41) is 8.20. The molecule has 1 saturated heterocycles. The first-order valence-electron chi connectivity index (χ1n) is 12.2. The lowest BCUT2D eigenvalue weighted by Crippen LogP contribution is -2.49. The van der Waals surface area contributed by atoms with Crippen LogP contribution in [0.2, 0.25) is 5.02 Å². The minimum atomic E-state index is -0.146. The second-order valence-electron chi connectivity index (χ2n) is 9.75. The van der Waals surface area contributed by atoms with Gasteiger partial charge in [-0.3, -0.25) is 9.59 Å². The molecular formula is C25H28ClN7O3. The standard InChI is InChI=1S/C25H28ClN7O3/c1-31-8-9-33(13-20(31)34)25-27-12-17(26)23(30-25)28-15-5-6-19-16(11-15)21-22(24(35)32(19)2)36-10-7-18(29-21)14-3-4-14/h5-6,11-12,14,18,29H,3-4,7-10,13H2,1-2H3,(H,27,28,30)/t18-/m1/s1. The lowest BCUT2D eigenvalue weighted by molar-refractivity contribution is -0.129. The predicted molar refractivity (Wildman–Crippen MR) is 140 cm³/mol. The number of halogens is 1. The molecule has 11 heteroatoms. The highest BCUT2D eigenvalue weighted by atomic mass is 35.5. The number of likely N-dealkylation sites (N-methyl/N-ethyl adjacent to an activating group) is 1. The van der Waals surface area contributed by atoms with Crippen LogP contribution in [0.3, 0.4) is 0 Å². The van der Waals surface area contributed by atoms with Gasteiger partial charge in [0.2, 0.25) is 17.6 Å². The molecule has 2 aliphatic heterocycles. The van der Waals surface area contributed by atoms with Crippen molar-refractivity contribution in [2.75, 3.05) is 48.8 Å². The van der Waals surface area contributed by atoms with Crippen molar-refractivity contribution in [2.24, 2.45) is 13.0 Å². The van der Waals surface area contributed by atoms with E-state index in [2.05, 4.69) is 20.6 Å². The van der Waals surface area contributed by atoms with E-state index in [1.54, 1.807) is 29.8 Å². The van der Waals surface area contributed by atoms with Crippen molar-refractivity contribution < 1.29 is 9.53 Å². The zero-order valence-electron chi connectivity index (χ0n) is 20.3. The van der Waals surface area contributed by atoms with Crippen LogP contribution in [0.15, 0.2) is 29.2 Å². The first kappa shape index (κ1) is 22.9. The monoisotopic (exact) mass is 509 g/mol. The van der Waals surface area contributed by atoms with Crippen molar-refractivity contribution in [3.05, 3.63) is 39.8 Å². The van der Waals surface area contributed by atoms with Crippen LogP contribution in [-0.2, 0) is 11.8 Å². The summed E-state index contributed by atoms with van der Waals surface area (Å²) in [6, 6.07) is 6.08. The quantitative estimate of drug-likeness (QED) is 0.553. The molecule has 188 valence electrons. The van der Waals surface area contributed by atoms with E-state index >= 15 is 0 Å². The molecule has 0 unspecified atom stereocenters. The molecule has 2 aromatic heterocycles. The van der Waals surface area contributed by atoms with Crippen molar-refractivity contribution in [1.29, 1.82) is 0 Å². The Morgan fingerprint density at radius 3 is 2.78 bits per heavy atom. The molecule has 3 aliphatic rings. The van der Waals surface area contributed by atoms with Crippen molar-refractivity contribution >= 4 is 51.6 Å². The second kappa shape index (κ2) is 8.85. The number of pyridine rings is 1. The Labute approximate surface area is 213 Å². The summed E-state index contributed by atoms with van der Waals surface area (Å²) in [6.45, 7) is 2.00. The SMILES string of the molecule is CN1CCN(c2ncc(Cl)c(Nc3ccc4c(c3)c3c(c(=O)n4C)OCC[C@H](C4CC4)N3)n2)CC1=O. The van der Waals surface area contributed by atoms with Gasteiger partial charge < -0.3 is 29.7 Å². The highest BCUT2D eigenvalue weighted by molar-refractivity contribution is 6.33. The number of aryl methyl sites for hydroxylation is 1. The number of aromatic nitrogens is 3. The second-order valence-corrected chi connectivity index (χ2v) is 10.2. The fourth-order valence-corrected chi connectivity index (χ4v) is 5.07. The molecular weight excluding hydrogens is 482 g/mol. The van der Waals surface area contributed by atoms with Crippen LogP contribution >= 0.6 is 11.6 Å². The third-order valence-electron chi connectivity index (χ3n) is 7.28. The van der Waals surface area contributed by atoms with E-state index in [9.17, 15) is 9.59 Å². The Balaban J connectivity index is 1.36. The van der Waals surface area contributed by atoms with E-state index in [1.165, 1.54) is 12.8 Å². The topological polar surface area (TPSA) is 105 Å². The number of rotatable bonds is 4. The number of anilines is 4. The van der Waals surface area contributed by atoms with Crippen molar-refractivity contribution in [3.63, 3.8) is 0 Å². The number of carbonyl (C=O) groups excluding carboxylic acids is 1. The molecule has 1 saturated carbocycles. The van der Waals surface area contributed by atoms with E-state index in [4.69, 9.17) is 16.3 Å². The van der Waals surface area contributed by atoms with E-state index in [0.717, 1.165) is 28.7 Å². The van der Waals surface area contributed by atoms with Crippen molar-refractivity contribution in [2.45, 2.75) is 25.3 Å². The molecule has 1 amide bonds. The third-order valence-corrected chi connectivity index (χ3v) is 7.56. The minimum Gasteiger partial charge on any atom is -0.486 e. The van der Waals surface area contributed by atoms with Gasteiger partial charge in [0.05, 0.1) is 30.6 Å². The first-order chi connectivity index (χ1) is 17.4. The van der Waals surface area contributed by atoms with Crippen LogP contribution in [0, 0.1) is 5.92 Å². The Kier molecular flexibility index (Phi) is 5.63. The zero-order chi connectivity index (χ0) is 25.0. The molecule has 1 atom stereocenters. The molecule has 3 aromatic rings. The zero-order valence-corrected chi connectivity index (χ0v) is 21.0. The Hall–Kier alpha value is -3.53. The molecule has 6 rings (SSSR count). The van der Waals surface area contributed by atoms with Crippen LogP contribution in [0.1, 0.15) is 19.3 Å². The molecule has 1 aromatic carbocycles. The van der Waals surface area contributed by atoms with Crippen LogP contribution < -0.4 is 25.8 Å². The number of ether oxygens (including phenoxy) is 1. The molecule has 10 nitrogen and oxygen atoms in total. The van der Waals surface area contributed by atoms with Gasteiger partial charge in [-0.05, 0) is 37.0 Å². The van der Waals surface area contributed by atoms with Crippen LogP contribution in [-0.4, -0.2) is 64.7 Å². The summed E-state index contributed by atoms with van der Waals surface area (Å²) in [7, 11) is 3.55. The lowest BCUT2D eigenvalue weighted by Gasteiger charge is -2.32. The molecule has 0 bridgehead atoms. The van der Waals surface area contributed by atoms with E-state index in [0.29, 0.717) is 54.2 Å². The van der Waals surface area contributed by atoms with Crippen LogP contribution in [0.5, 0.6) is 5.75 Å². The molecule has 0 radical (unpaired) electrons. The fraction of sp³-hybridized carbons (Fsp3) is 0.440. The number of fused-ring (bicyclic) bond motifs is 3. The average molecular weight is 510 g/mol. The molecule has 36 heavy (non-hydrogen) atoms. The Morgan fingerprint density at radius 1 is 1.17 bits per heavy atom. The molecule has 2 fully saturated rings. The maximum atomic E-state index is 13.0. The van der Waals surface area contributed by atoms with Gasteiger partial charge in [-0.2, -0.15) is 4.98 Å². The highest BCUT2D eigenvalue weighted by Crippen LogP contribution is 2.41. The van der Waals surface area contributed by atoms with E-state index in [-0.39, 0.29) is 18.0 Å². The number of nitrogens with one attached hydrogen (secondary N) is 2. The Morgan fingerprint density at radius 2 is 2.00 bits per heavy atom. The summed E-state index contributed by atoms with van der Waals surface area (Å²) in [6.07, 6.45) is 4.82. The summed E-state index contributed by atoms with van der Waals surface area (Å²) in [4.78, 5) is 37.7. The van der Waals surface area contributed by atoms with Gasteiger partial charge in [0.25, 0.3) is 5.56 Å². The summed E-state index contributed by atoms with van der Waals surface area (Å²) in [5.74, 6) is 1.91. The van der Waals surface area contributed by atoms with E-state index < -0.39 is 0 Å². The maximum Gasteiger partial charge on any atom is 0.295 e. The van der Waals surface area contributed by atoms with Gasteiger partial charge in [-0.25, -0.2) is 4.98 Å². The minimum absolute atomic E-state index is 0.0226. The average Bonchev–Trinajstić information content (AvgIpc) is 3.72. The van der Waals surface area contributed by atoms with Gasteiger partial charge in [0.15, 0.2) is 5.82 Å². The van der Waals surface area contributed by atoms with Gasteiger partial charge in [0, 0.05) is 50.7 Å². The number of hydrogen-bond acceptors (Lipinski definition) is 8. The summed E-state index contributed by atoms with van der Waals surface area (Å²) < 4.78 is 7.58. The van der Waals surface area contributed by atoms with E-state index in [1.807, 2.05) is 23.1 Å². The van der Waals surface area contributed by atoms with Gasteiger partial charge in [0.1, 0.15) is 5.02 Å². The lowest BCUT2D eigenvalue weighted by atomic mass is 10.1. The molecule has 2 N–H and O–H groups in total. The molecule has 1 aliphatic carbocycles. The third kappa shape index (κ3) is 4.09. The number of piperazine rings is 1.